The maximum absolute atomic E-state index is 13.2. The van der Waals surface area contributed by atoms with Crippen LogP contribution in [0.15, 0.2) is 85.1 Å². The molecule has 2 N–H and O–H groups in total. The van der Waals surface area contributed by atoms with E-state index in [4.69, 9.17) is 4.74 Å². The maximum atomic E-state index is 13.2. The van der Waals surface area contributed by atoms with Crippen molar-refractivity contribution in [2.75, 3.05) is 17.7 Å². The molecule has 34 heavy (non-hydrogen) atoms. The first-order valence-electron chi connectivity index (χ1n) is 11.0. The quantitative estimate of drug-likeness (QED) is 0.321. The van der Waals surface area contributed by atoms with E-state index in [2.05, 4.69) is 17.2 Å². The van der Waals surface area contributed by atoms with Gasteiger partial charge in [-0.2, -0.15) is 0 Å². The van der Waals surface area contributed by atoms with E-state index in [1.807, 2.05) is 37.3 Å². The molecule has 0 bridgehead atoms. The molecule has 0 saturated carbocycles. The summed E-state index contributed by atoms with van der Waals surface area (Å²) in [4.78, 5) is 38.3. The summed E-state index contributed by atoms with van der Waals surface area (Å²) in [5, 5.41) is 5.65. The Bertz CT molecular complexity index is 1180. The molecule has 0 aliphatic rings. The van der Waals surface area contributed by atoms with Crippen molar-refractivity contribution in [2.24, 2.45) is 0 Å². The summed E-state index contributed by atoms with van der Waals surface area (Å²) >= 11 is 0. The highest BCUT2D eigenvalue weighted by Gasteiger charge is 2.17. The van der Waals surface area contributed by atoms with Crippen LogP contribution in [-0.4, -0.2) is 24.7 Å². The van der Waals surface area contributed by atoms with Gasteiger partial charge in [0.05, 0.1) is 25.0 Å². The number of nitrogens with one attached hydrogen (secondary N) is 2. The first-order valence-corrected chi connectivity index (χ1v) is 11.0. The minimum atomic E-state index is -0.255. The van der Waals surface area contributed by atoms with Crippen LogP contribution in [0.2, 0.25) is 0 Å². The highest BCUT2D eigenvalue weighted by Crippen LogP contribution is 2.24. The SMILES string of the molecule is C=C(CCC(=O)Nc1ccc(NC(=O)Cc2ccc(C)cc2)c(C(=O)c2ccccc2)c1)OC. The monoisotopic (exact) mass is 456 g/mol. The second-order valence-corrected chi connectivity index (χ2v) is 7.96. The normalized spacial score (nSPS) is 10.3. The first kappa shape index (κ1) is 24.5. The fraction of sp³-hybridized carbons (Fsp3) is 0.179. The van der Waals surface area contributed by atoms with E-state index in [9.17, 15) is 14.4 Å². The summed E-state index contributed by atoms with van der Waals surface area (Å²) in [6, 6.07) is 21.4. The van der Waals surface area contributed by atoms with Gasteiger partial charge in [0.15, 0.2) is 5.78 Å². The number of benzene rings is 3. The minimum absolute atomic E-state index is 0.182. The van der Waals surface area contributed by atoms with Crippen LogP contribution in [0.5, 0.6) is 0 Å². The molecule has 0 radical (unpaired) electrons. The third kappa shape index (κ3) is 6.90. The summed E-state index contributed by atoms with van der Waals surface area (Å²) in [6.45, 7) is 5.69. The maximum Gasteiger partial charge on any atom is 0.228 e. The highest BCUT2D eigenvalue weighted by atomic mass is 16.5. The minimum Gasteiger partial charge on any atom is -0.502 e. The molecule has 2 amide bonds. The average Bonchev–Trinajstić information content (AvgIpc) is 2.85. The standard InChI is InChI=1S/C28H28N2O4/c1-19-9-12-21(13-10-19)17-27(32)30-25-15-14-23(29-26(31)16-11-20(2)34-3)18-24(25)28(33)22-7-5-4-6-8-22/h4-10,12-15,18H,2,11,16-17H2,1,3H3,(H,29,31)(H,30,32). The van der Waals surface area contributed by atoms with Crippen LogP contribution in [-0.2, 0) is 20.7 Å². The van der Waals surface area contributed by atoms with Gasteiger partial charge in [-0.15, -0.1) is 0 Å². The lowest BCUT2D eigenvalue weighted by Crippen LogP contribution is -2.18. The molecule has 0 spiro atoms. The zero-order chi connectivity index (χ0) is 24.5. The van der Waals surface area contributed by atoms with Crippen LogP contribution < -0.4 is 10.6 Å². The third-order valence-electron chi connectivity index (χ3n) is 5.26. The van der Waals surface area contributed by atoms with E-state index >= 15 is 0 Å². The third-order valence-corrected chi connectivity index (χ3v) is 5.26. The molecule has 3 aromatic rings. The highest BCUT2D eigenvalue weighted by molar-refractivity contribution is 6.14. The number of hydrogen-bond acceptors (Lipinski definition) is 4. The molecular formula is C28H28N2O4. The largest absolute Gasteiger partial charge is 0.502 e. The van der Waals surface area contributed by atoms with Gasteiger partial charge >= 0.3 is 0 Å². The van der Waals surface area contributed by atoms with Gasteiger partial charge in [0, 0.05) is 29.7 Å². The molecule has 3 aromatic carbocycles. The lowest BCUT2D eigenvalue weighted by Gasteiger charge is -2.14. The van der Waals surface area contributed by atoms with E-state index in [0.29, 0.717) is 34.7 Å². The molecule has 174 valence electrons. The van der Waals surface area contributed by atoms with Crippen LogP contribution in [0.3, 0.4) is 0 Å². The lowest BCUT2D eigenvalue weighted by atomic mass is 10.0. The summed E-state index contributed by atoms with van der Waals surface area (Å²) in [6.07, 6.45) is 0.774. The Morgan fingerprint density at radius 1 is 0.853 bits per heavy atom. The second kappa shape index (κ2) is 11.6. The smallest absolute Gasteiger partial charge is 0.228 e. The zero-order valence-corrected chi connectivity index (χ0v) is 19.4. The summed E-state index contributed by atoms with van der Waals surface area (Å²) in [5.74, 6) is -0.204. The number of methoxy groups -OCH3 is 1. The molecular weight excluding hydrogens is 428 g/mol. The molecule has 0 fully saturated rings. The molecule has 0 aliphatic carbocycles. The Hall–Kier alpha value is -4.19. The number of aryl methyl sites for hydroxylation is 1. The fourth-order valence-electron chi connectivity index (χ4n) is 3.33. The van der Waals surface area contributed by atoms with Crippen molar-refractivity contribution < 1.29 is 19.1 Å². The van der Waals surface area contributed by atoms with Crippen molar-refractivity contribution in [2.45, 2.75) is 26.2 Å². The number of hydrogen-bond donors (Lipinski definition) is 2. The molecule has 6 heteroatoms. The number of carbonyl (C=O) groups excluding carboxylic acids is 3. The Kier molecular flexibility index (Phi) is 8.35. The number of rotatable bonds is 10. The van der Waals surface area contributed by atoms with E-state index in [1.165, 1.54) is 7.11 Å². The number of carbonyl (C=O) groups is 3. The second-order valence-electron chi connectivity index (χ2n) is 7.96. The van der Waals surface area contributed by atoms with Gasteiger partial charge in [-0.1, -0.05) is 66.7 Å². The van der Waals surface area contributed by atoms with Crippen molar-refractivity contribution in [1.29, 1.82) is 0 Å². The van der Waals surface area contributed by atoms with Crippen molar-refractivity contribution in [3.05, 3.63) is 107 Å². The molecule has 0 atom stereocenters. The van der Waals surface area contributed by atoms with E-state index in [1.54, 1.807) is 42.5 Å². The van der Waals surface area contributed by atoms with Crippen molar-refractivity contribution in [3.8, 4) is 0 Å². The number of ether oxygens (including phenoxy) is 1. The molecule has 3 rings (SSSR count). The Balaban J connectivity index is 1.82. The number of amides is 2. The number of ketones is 1. The van der Waals surface area contributed by atoms with Gasteiger partial charge in [-0.25, -0.2) is 0 Å². The Morgan fingerprint density at radius 3 is 2.24 bits per heavy atom. The average molecular weight is 457 g/mol. The summed E-state index contributed by atoms with van der Waals surface area (Å²) in [5.41, 5.74) is 3.61. The molecule has 6 nitrogen and oxygen atoms in total. The lowest BCUT2D eigenvalue weighted by molar-refractivity contribution is -0.116. The number of allylic oxidation sites excluding steroid dienone is 1. The van der Waals surface area contributed by atoms with Crippen LogP contribution in [0.25, 0.3) is 0 Å². The number of anilines is 2. The van der Waals surface area contributed by atoms with E-state index < -0.39 is 0 Å². The van der Waals surface area contributed by atoms with Crippen LogP contribution in [0, 0.1) is 6.92 Å². The van der Waals surface area contributed by atoms with Gasteiger partial charge in [0.25, 0.3) is 0 Å². The van der Waals surface area contributed by atoms with Crippen molar-refractivity contribution in [3.63, 3.8) is 0 Å². The Labute approximate surface area is 199 Å². The van der Waals surface area contributed by atoms with Crippen LogP contribution >= 0.6 is 0 Å². The van der Waals surface area contributed by atoms with E-state index in [0.717, 1.165) is 11.1 Å². The zero-order valence-electron chi connectivity index (χ0n) is 19.4. The van der Waals surface area contributed by atoms with Crippen molar-refractivity contribution >= 4 is 29.0 Å². The topological polar surface area (TPSA) is 84.5 Å². The molecule has 0 unspecified atom stereocenters. The van der Waals surface area contributed by atoms with Gasteiger partial charge in [-0.05, 0) is 30.7 Å². The van der Waals surface area contributed by atoms with E-state index in [-0.39, 0.29) is 30.4 Å². The van der Waals surface area contributed by atoms with Gasteiger partial charge in [0.2, 0.25) is 11.8 Å². The first-order chi connectivity index (χ1) is 16.4. The van der Waals surface area contributed by atoms with Crippen molar-refractivity contribution in [1.82, 2.24) is 0 Å². The summed E-state index contributed by atoms with van der Waals surface area (Å²) < 4.78 is 4.99. The predicted octanol–water partition coefficient (Wildman–Crippen LogP) is 5.29. The van der Waals surface area contributed by atoms with Crippen LogP contribution in [0.4, 0.5) is 11.4 Å². The summed E-state index contributed by atoms with van der Waals surface area (Å²) in [7, 11) is 1.51. The Morgan fingerprint density at radius 2 is 1.56 bits per heavy atom. The molecule has 0 saturated heterocycles. The molecule has 0 aromatic heterocycles. The molecule has 0 heterocycles. The fourth-order valence-corrected chi connectivity index (χ4v) is 3.33. The van der Waals surface area contributed by atoms with Gasteiger partial charge in [0.1, 0.15) is 0 Å². The van der Waals surface area contributed by atoms with Crippen LogP contribution in [0.1, 0.15) is 39.9 Å². The molecule has 0 aliphatic heterocycles. The predicted molar refractivity (Wildman–Crippen MR) is 134 cm³/mol. The van der Waals surface area contributed by atoms with Gasteiger partial charge in [-0.3, -0.25) is 14.4 Å². The van der Waals surface area contributed by atoms with Gasteiger partial charge < -0.3 is 15.4 Å².